The molecule has 0 radical (unpaired) electrons. The molecule has 0 aliphatic carbocycles. The summed E-state index contributed by atoms with van der Waals surface area (Å²) in [6.07, 6.45) is -6.57. The van der Waals surface area contributed by atoms with Crippen LogP contribution in [0.4, 0.5) is 26.3 Å². The second-order valence-corrected chi connectivity index (χ2v) is 6.86. The maximum atomic E-state index is 13.8. The number of hydrogen-bond donors (Lipinski definition) is 2. The Bertz CT molecular complexity index is 814. The monoisotopic (exact) mass is 423 g/mol. The maximum absolute atomic E-state index is 13.8. The van der Waals surface area contributed by atoms with Crippen LogP contribution in [-0.2, 0) is 11.2 Å². The molecule has 2 heterocycles. The van der Waals surface area contributed by atoms with Crippen LogP contribution in [0.15, 0.2) is 17.2 Å². The highest BCUT2D eigenvalue weighted by Crippen LogP contribution is 2.27. The summed E-state index contributed by atoms with van der Waals surface area (Å²) in [5, 5.41) is 6.49. The molecule has 0 spiro atoms. The summed E-state index contributed by atoms with van der Waals surface area (Å²) in [6, 6.07) is 0.612. The van der Waals surface area contributed by atoms with Gasteiger partial charge < -0.3 is 15.1 Å². The summed E-state index contributed by atoms with van der Waals surface area (Å²) in [4.78, 5) is 15.0. The molecule has 1 aromatic carbocycles. The van der Waals surface area contributed by atoms with Crippen molar-refractivity contribution in [1.29, 1.82) is 0 Å². The van der Waals surface area contributed by atoms with Crippen molar-refractivity contribution in [3.05, 3.63) is 35.1 Å². The van der Waals surface area contributed by atoms with Gasteiger partial charge in [0, 0.05) is 31.6 Å². The Morgan fingerprint density at radius 2 is 1.93 bits per heavy atom. The highest BCUT2D eigenvalue weighted by molar-refractivity contribution is 5.90. The van der Waals surface area contributed by atoms with Crippen molar-refractivity contribution in [2.75, 3.05) is 26.7 Å². The van der Waals surface area contributed by atoms with Gasteiger partial charge in [-0.2, -0.15) is 18.3 Å². The Morgan fingerprint density at radius 3 is 2.59 bits per heavy atom. The summed E-state index contributed by atoms with van der Waals surface area (Å²) >= 11 is 0. The Hall–Kier alpha value is -2.50. The van der Waals surface area contributed by atoms with Crippen molar-refractivity contribution in [3.63, 3.8) is 0 Å². The van der Waals surface area contributed by atoms with Crippen LogP contribution in [0.2, 0.25) is 0 Å². The molecular weight excluding hydrogens is 404 g/mol. The zero-order valence-electron chi connectivity index (χ0n) is 15.4. The van der Waals surface area contributed by atoms with E-state index in [1.807, 2.05) is 5.43 Å². The number of amides is 1. The molecule has 2 unspecified atom stereocenters. The van der Waals surface area contributed by atoms with Gasteiger partial charge in [-0.25, -0.2) is 13.2 Å². The number of hydrazone groups is 1. The van der Waals surface area contributed by atoms with Gasteiger partial charge in [0.15, 0.2) is 11.6 Å². The number of nitrogens with one attached hydrogen (secondary N) is 2. The molecule has 2 aliphatic heterocycles. The predicted octanol–water partition coefficient (Wildman–Crippen LogP) is 1.57. The summed E-state index contributed by atoms with van der Waals surface area (Å²) in [7, 11) is 1.53. The molecule has 160 valence electrons. The van der Waals surface area contributed by atoms with Gasteiger partial charge in [-0.3, -0.25) is 10.2 Å². The number of likely N-dealkylation sites (N-methyl/N-ethyl adjacent to an activating group) is 1. The number of hydrogen-bond acceptors (Lipinski definition) is 5. The van der Waals surface area contributed by atoms with Crippen molar-refractivity contribution in [3.8, 4) is 0 Å². The van der Waals surface area contributed by atoms with E-state index in [0.29, 0.717) is 6.07 Å². The quantitative estimate of drug-likeness (QED) is 0.558. The molecule has 12 heteroatoms. The third-order valence-electron chi connectivity index (χ3n) is 4.95. The molecule has 1 amide bonds. The van der Waals surface area contributed by atoms with E-state index in [1.165, 1.54) is 11.9 Å². The van der Waals surface area contributed by atoms with Gasteiger partial charge in [0.05, 0.1) is 6.54 Å². The lowest BCUT2D eigenvalue weighted by atomic mass is 10.0. The van der Waals surface area contributed by atoms with E-state index in [0.717, 1.165) is 11.0 Å². The van der Waals surface area contributed by atoms with E-state index in [9.17, 15) is 31.1 Å². The second kappa shape index (κ2) is 8.09. The molecule has 29 heavy (non-hydrogen) atoms. The molecular formula is C17H19F6N5O. The molecule has 2 N–H and O–H groups in total. The predicted molar refractivity (Wildman–Crippen MR) is 91.2 cm³/mol. The van der Waals surface area contributed by atoms with Crippen LogP contribution < -0.4 is 10.7 Å². The van der Waals surface area contributed by atoms with Crippen LogP contribution in [-0.4, -0.2) is 66.6 Å². The largest absolute Gasteiger partial charge is 0.428 e. The van der Waals surface area contributed by atoms with Gasteiger partial charge in [-0.15, -0.1) is 0 Å². The molecule has 2 atom stereocenters. The first kappa shape index (κ1) is 21.2. The number of nitrogens with zero attached hydrogens (tertiary/aromatic N) is 3. The van der Waals surface area contributed by atoms with Gasteiger partial charge in [0.2, 0.25) is 12.1 Å². The van der Waals surface area contributed by atoms with Crippen LogP contribution in [0, 0.1) is 17.5 Å². The number of rotatable bonds is 5. The molecule has 0 bridgehead atoms. The van der Waals surface area contributed by atoms with Crippen LogP contribution in [0.25, 0.3) is 0 Å². The highest BCUT2D eigenvalue weighted by atomic mass is 19.4. The van der Waals surface area contributed by atoms with E-state index in [-0.39, 0.29) is 49.8 Å². The number of halogens is 6. The van der Waals surface area contributed by atoms with E-state index < -0.39 is 35.8 Å². The van der Waals surface area contributed by atoms with Crippen molar-refractivity contribution >= 4 is 11.7 Å². The standard InChI is InChI=1S/C17H19F6N5O/c1-24-10(4-9-5-12(19)13(20)7-11(9)18)6-15(29)27-2-3-28-14(8-27)25-26-16(28)17(21,22)23/h5,7,10,16,24,26H,2-4,6,8H2,1H3. The van der Waals surface area contributed by atoms with E-state index in [4.69, 9.17) is 0 Å². The van der Waals surface area contributed by atoms with Crippen LogP contribution in [0.1, 0.15) is 12.0 Å². The van der Waals surface area contributed by atoms with Crippen molar-refractivity contribution in [2.24, 2.45) is 5.10 Å². The number of piperazine rings is 1. The Kier molecular flexibility index (Phi) is 5.92. The molecule has 6 nitrogen and oxygen atoms in total. The number of fused-ring (bicyclic) bond motifs is 1. The van der Waals surface area contributed by atoms with Gasteiger partial charge in [-0.1, -0.05) is 0 Å². The average molecular weight is 423 g/mol. The number of carbonyl (C=O) groups is 1. The lowest BCUT2D eigenvalue weighted by molar-refractivity contribution is -0.179. The Balaban J connectivity index is 1.61. The molecule has 0 saturated carbocycles. The summed E-state index contributed by atoms with van der Waals surface area (Å²) in [5.41, 5.74) is 1.94. The fourth-order valence-electron chi connectivity index (χ4n) is 3.35. The maximum Gasteiger partial charge on any atom is 0.428 e. The topological polar surface area (TPSA) is 60.0 Å². The zero-order chi connectivity index (χ0) is 21.3. The summed E-state index contributed by atoms with van der Waals surface area (Å²) in [5.74, 6) is -3.67. The first-order chi connectivity index (χ1) is 13.6. The fraction of sp³-hybridized carbons (Fsp3) is 0.529. The lowest BCUT2D eigenvalue weighted by Gasteiger charge is -2.37. The minimum Gasteiger partial charge on any atom is -0.333 e. The molecule has 0 aromatic heterocycles. The average Bonchev–Trinajstić information content (AvgIpc) is 3.08. The van der Waals surface area contributed by atoms with Gasteiger partial charge in [0.1, 0.15) is 11.7 Å². The van der Waals surface area contributed by atoms with E-state index in [1.54, 1.807) is 0 Å². The zero-order valence-corrected chi connectivity index (χ0v) is 15.4. The van der Waals surface area contributed by atoms with Crippen LogP contribution in [0.5, 0.6) is 0 Å². The van der Waals surface area contributed by atoms with E-state index >= 15 is 0 Å². The molecule has 1 fully saturated rings. The minimum absolute atomic E-state index is 0.0379. The first-order valence-corrected chi connectivity index (χ1v) is 8.84. The van der Waals surface area contributed by atoms with Gasteiger partial charge in [-0.05, 0) is 25.1 Å². The lowest BCUT2D eigenvalue weighted by Crippen LogP contribution is -2.58. The SMILES string of the molecule is CNC(CC(=O)N1CCN2C(=NNC2C(F)(F)F)C1)Cc1cc(F)c(F)cc1F. The third kappa shape index (κ3) is 4.57. The normalized spacial score (nSPS) is 20.2. The van der Waals surface area contributed by atoms with Crippen LogP contribution in [0.3, 0.4) is 0 Å². The van der Waals surface area contributed by atoms with E-state index in [2.05, 4.69) is 10.4 Å². The molecule has 2 aliphatic rings. The third-order valence-corrected chi connectivity index (χ3v) is 4.95. The van der Waals surface area contributed by atoms with Crippen molar-refractivity contribution in [2.45, 2.75) is 31.2 Å². The summed E-state index contributed by atoms with van der Waals surface area (Å²) in [6.45, 7) is -0.0553. The van der Waals surface area contributed by atoms with Crippen molar-refractivity contribution < 1.29 is 31.1 Å². The minimum atomic E-state index is -4.50. The smallest absolute Gasteiger partial charge is 0.333 e. The van der Waals surface area contributed by atoms with Gasteiger partial charge >= 0.3 is 6.18 Å². The number of benzene rings is 1. The Labute approximate surface area is 162 Å². The van der Waals surface area contributed by atoms with Crippen LogP contribution >= 0.6 is 0 Å². The first-order valence-electron chi connectivity index (χ1n) is 8.84. The highest BCUT2D eigenvalue weighted by Gasteiger charge is 2.49. The van der Waals surface area contributed by atoms with Crippen molar-refractivity contribution in [1.82, 2.24) is 20.5 Å². The van der Waals surface area contributed by atoms with Gasteiger partial charge in [0.25, 0.3) is 0 Å². The Morgan fingerprint density at radius 1 is 1.24 bits per heavy atom. The number of alkyl halides is 3. The molecule has 1 aromatic rings. The molecule has 1 saturated heterocycles. The second-order valence-electron chi connectivity index (χ2n) is 6.86. The number of carbonyl (C=O) groups excluding carboxylic acids is 1. The number of amidine groups is 1. The summed E-state index contributed by atoms with van der Waals surface area (Å²) < 4.78 is 79.1. The fourth-order valence-corrected chi connectivity index (χ4v) is 3.35. The molecule has 3 rings (SSSR count).